The molecule has 218 valence electrons. The maximum atomic E-state index is 13.2. The fourth-order valence-corrected chi connectivity index (χ4v) is 5.80. The van der Waals surface area contributed by atoms with Gasteiger partial charge in [-0.3, -0.25) is 14.5 Å². The Morgan fingerprint density at radius 1 is 0.952 bits per heavy atom. The SMILES string of the molecule is COC(=O)[C@@H](C1=CC=CCC1)N1CCC(c2ccc(NC(=O)c3ccccc3-c3ccc(C(F)(F)F)cc3)cc2)CC1. The Hall–Kier alpha value is -4.17. The smallest absolute Gasteiger partial charge is 0.416 e. The summed E-state index contributed by atoms with van der Waals surface area (Å²) in [5.41, 5.74) is 3.62. The Balaban J connectivity index is 1.23. The maximum Gasteiger partial charge on any atom is 0.416 e. The van der Waals surface area contributed by atoms with Gasteiger partial charge >= 0.3 is 12.1 Å². The van der Waals surface area contributed by atoms with Gasteiger partial charge in [0.05, 0.1) is 12.7 Å². The number of likely N-dealkylation sites (tertiary alicyclic amines) is 1. The van der Waals surface area contributed by atoms with Gasteiger partial charge in [0.2, 0.25) is 0 Å². The van der Waals surface area contributed by atoms with Gasteiger partial charge < -0.3 is 10.1 Å². The van der Waals surface area contributed by atoms with Crippen molar-refractivity contribution in [2.24, 2.45) is 0 Å². The summed E-state index contributed by atoms with van der Waals surface area (Å²) < 4.78 is 44.1. The number of nitrogens with zero attached hydrogens (tertiary/aromatic N) is 1. The van der Waals surface area contributed by atoms with Gasteiger partial charge in [-0.25, -0.2) is 0 Å². The number of amides is 1. The van der Waals surface area contributed by atoms with Crippen LogP contribution in [0.25, 0.3) is 11.1 Å². The summed E-state index contributed by atoms with van der Waals surface area (Å²) >= 11 is 0. The van der Waals surface area contributed by atoms with Gasteiger partial charge in [-0.15, -0.1) is 0 Å². The quantitative estimate of drug-likeness (QED) is 0.295. The van der Waals surface area contributed by atoms with Crippen molar-refractivity contribution >= 4 is 17.6 Å². The predicted molar refractivity (Wildman–Crippen MR) is 157 cm³/mol. The predicted octanol–water partition coefficient (Wildman–Crippen LogP) is 7.62. The van der Waals surface area contributed by atoms with Crippen molar-refractivity contribution in [3.63, 3.8) is 0 Å². The van der Waals surface area contributed by atoms with Gasteiger partial charge in [-0.05, 0) is 97.3 Å². The molecule has 3 aromatic carbocycles. The maximum absolute atomic E-state index is 13.2. The number of methoxy groups -OCH3 is 1. The molecule has 1 saturated heterocycles. The highest BCUT2D eigenvalue weighted by molar-refractivity contribution is 6.08. The average Bonchev–Trinajstić information content (AvgIpc) is 3.02. The number of halogens is 3. The molecule has 0 saturated carbocycles. The number of esters is 1. The van der Waals surface area contributed by atoms with E-state index in [9.17, 15) is 22.8 Å². The number of ether oxygens (including phenoxy) is 1. The Bertz CT molecular complexity index is 1470. The van der Waals surface area contributed by atoms with E-state index in [0.29, 0.717) is 28.3 Å². The van der Waals surface area contributed by atoms with Crippen LogP contribution in [-0.4, -0.2) is 43.0 Å². The molecule has 5 rings (SSSR count). The van der Waals surface area contributed by atoms with E-state index in [1.54, 1.807) is 24.3 Å². The second-order valence-corrected chi connectivity index (χ2v) is 10.6. The van der Waals surface area contributed by atoms with Crippen LogP contribution >= 0.6 is 0 Å². The number of allylic oxidation sites excluding steroid dienone is 3. The van der Waals surface area contributed by atoms with E-state index >= 15 is 0 Å². The molecule has 0 spiro atoms. The summed E-state index contributed by atoms with van der Waals surface area (Å²) in [6, 6.07) is 19.1. The number of hydrogen-bond donors (Lipinski definition) is 1. The largest absolute Gasteiger partial charge is 0.468 e. The van der Waals surface area contributed by atoms with Crippen molar-refractivity contribution in [3.8, 4) is 11.1 Å². The van der Waals surface area contributed by atoms with Crippen LogP contribution in [0.15, 0.2) is 96.6 Å². The highest BCUT2D eigenvalue weighted by atomic mass is 19.4. The topological polar surface area (TPSA) is 58.6 Å². The zero-order valence-corrected chi connectivity index (χ0v) is 23.4. The van der Waals surface area contributed by atoms with E-state index < -0.39 is 11.7 Å². The first-order valence-electron chi connectivity index (χ1n) is 14.1. The van der Waals surface area contributed by atoms with Crippen molar-refractivity contribution in [2.75, 3.05) is 25.5 Å². The zero-order valence-electron chi connectivity index (χ0n) is 23.4. The highest BCUT2D eigenvalue weighted by Gasteiger charge is 2.33. The Kier molecular flexibility index (Phi) is 8.92. The summed E-state index contributed by atoms with van der Waals surface area (Å²) in [6.07, 6.45) is 5.33. The number of piperidine rings is 1. The molecular formula is C34H33F3N2O3. The molecule has 1 aliphatic carbocycles. The molecule has 0 bridgehead atoms. The normalized spacial score (nSPS) is 16.9. The second-order valence-electron chi connectivity index (χ2n) is 10.6. The minimum atomic E-state index is -4.42. The van der Waals surface area contributed by atoms with Gasteiger partial charge in [0, 0.05) is 11.3 Å². The van der Waals surface area contributed by atoms with Crippen LogP contribution in [0.1, 0.15) is 53.1 Å². The fraction of sp³-hybridized carbons (Fsp3) is 0.294. The standard InChI is InChI=1S/C34H33F3N2O3/c1-42-33(41)31(26-7-3-2-4-8-26)39-21-19-24(20-22-39)23-13-17-28(18-14-23)38-32(40)30-10-6-5-9-29(30)25-11-15-27(16-12-25)34(35,36)37/h2-3,5-7,9-18,24,31H,4,8,19-22H2,1H3,(H,38,40)/t31-/m1/s1. The molecule has 0 unspecified atom stereocenters. The molecule has 1 atom stereocenters. The van der Waals surface area contributed by atoms with E-state index in [-0.39, 0.29) is 17.9 Å². The minimum Gasteiger partial charge on any atom is -0.468 e. The van der Waals surface area contributed by atoms with Crippen molar-refractivity contribution in [1.82, 2.24) is 4.90 Å². The van der Waals surface area contributed by atoms with Crippen LogP contribution in [0, 0.1) is 0 Å². The van der Waals surface area contributed by atoms with Gasteiger partial charge in [-0.2, -0.15) is 13.2 Å². The first-order chi connectivity index (χ1) is 20.2. The number of anilines is 1. The number of carbonyl (C=O) groups is 2. The Morgan fingerprint density at radius 2 is 1.64 bits per heavy atom. The molecule has 0 radical (unpaired) electrons. The van der Waals surface area contributed by atoms with Crippen LogP contribution in [0.2, 0.25) is 0 Å². The number of rotatable bonds is 7. The fourth-order valence-electron chi connectivity index (χ4n) is 5.80. The van der Waals surface area contributed by atoms with E-state index in [0.717, 1.165) is 56.5 Å². The molecule has 1 heterocycles. The molecule has 0 aromatic heterocycles. The first kappa shape index (κ1) is 29.3. The highest BCUT2D eigenvalue weighted by Crippen LogP contribution is 2.34. The molecule has 5 nitrogen and oxygen atoms in total. The van der Waals surface area contributed by atoms with Crippen LogP contribution in [0.3, 0.4) is 0 Å². The molecular weight excluding hydrogens is 541 g/mol. The van der Waals surface area contributed by atoms with Crippen molar-refractivity contribution in [2.45, 2.75) is 43.8 Å². The Labute approximate surface area is 243 Å². The molecule has 42 heavy (non-hydrogen) atoms. The molecule has 3 aromatic rings. The van der Waals surface area contributed by atoms with Crippen molar-refractivity contribution in [1.29, 1.82) is 0 Å². The first-order valence-corrected chi connectivity index (χ1v) is 14.1. The third kappa shape index (κ3) is 6.65. The molecule has 2 aliphatic rings. The number of hydrogen-bond acceptors (Lipinski definition) is 4. The summed E-state index contributed by atoms with van der Waals surface area (Å²) in [5.74, 6) is -0.216. The van der Waals surface area contributed by atoms with Crippen molar-refractivity contribution in [3.05, 3.63) is 113 Å². The lowest BCUT2D eigenvalue weighted by Crippen LogP contribution is -2.47. The third-order valence-electron chi connectivity index (χ3n) is 8.05. The summed E-state index contributed by atoms with van der Waals surface area (Å²) in [6.45, 7) is 1.56. The number of alkyl halides is 3. The van der Waals surface area contributed by atoms with Crippen LogP contribution in [0.4, 0.5) is 18.9 Å². The van der Waals surface area contributed by atoms with E-state index in [2.05, 4.69) is 16.3 Å². The molecule has 8 heteroatoms. The van der Waals surface area contributed by atoms with Crippen molar-refractivity contribution < 1.29 is 27.5 Å². The van der Waals surface area contributed by atoms with Gasteiger partial charge in [0.15, 0.2) is 0 Å². The van der Waals surface area contributed by atoms with Crippen LogP contribution < -0.4 is 5.32 Å². The van der Waals surface area contributed by atoms with Crippen LogP contribution in [0.5, 0.6) is 0 Å². The molecule has 1 fully saturated rings. The molecule has 1 amide bonds. The van der Waals surface area contributed by atoms with Gasteiger partial charge in [0.25, 0.3) is 5.91 Å². The lowest BCUT2D eigenvalue weighted by atomic mass is 9.87. The zero-order chi connectivity index (χ0) is 29.7. The summed E-state index contributed by atoms with van der Waals surface area (Å²) in [5, 5.41) is 2.92. The number of benzene rings is 3. The average molecular weight is 575 g/mol. The van der Waals surface area contributed by atoms with E-state index in [1.807, 2.05) is 36.4 Å². The lowest BCUT2D eigenvalue weighted by molar-refractivity contribution is -0.146. The minimum absolute atomic E-state index is 0.213. The monoisotopic (exact) mass is 574 g/mol. The van der Waals surface area contributed by atoms with Gasteiger partial charge in [0.1, 0.15) is 6.04 Å². The second kappa shape index (κ2) is 12.8. The number of carbonyl (C=O) groups excluding carboxylic acids is 2. The van der Waals surface area contributed by atoms with E-state index in [1.165, 1.54) is 24.8 Å². The summed E-state index contributed by atoms with van der Waals surface area (Å²) in [4.78, 5) is 28.0. The lowest BCUT2D eigenvalue weighted by Gasteiger charge is -2.37. The third-order valence-corrected chi connectivity index (χ3v) is 8.05. The van der Waals surface area contributed by atoms with Crippen LogP contribution in [-0.2, 0) is 15.7 Å². The van der Waals surface area contributed by atoms with E-state index in [4.69, 9.17) is 4.74 Å². The molecule has 1 aliphatic heterocycles. The summed E-state index contributed by atoms with van der Waals surface area (Å²) in [7, 11) is 1.44. The van der Waals surface area contributed by atoms with Gasteiger partial charge in [-0.1, -0.05) is 60.7 Å². The molecule has 1 N–H and O–H groups in total. The Morgan fingerprint density at radius 3 is 2.26 bits per heavy atom. The number of nitrogens with one attached hydrogen (secondary N) is 1.